The molecule has 0 saturated heterocycles. The average molecular weight is 261 g/mol. The van der Waals surface area contributed by atoms with E-state index in [1.807, 2.05) is 0 Å². The number of nitrogens with two attached hydrogens (primary N) is 1. The van der Waals surface area contributed by atoms with Gasteiger partial charge in [0.05, 0.1) is 5.69 Å². The van der Waals surface area contributed by atoms with Crippen molar-refractivity contribution >= 4 is 5.82 Å². The molecule has 2 fully saturated rings. The lowest BCUT2D eigenvalue weighted by Gasteiger charge is -2.25. The predicted molar refractivity (Wildman–Crippen MR) is 79.3 cm³/mol. The normalized spacial score (nSPS) is 27.7. The van der Waals surface area contributed by atoms with Gasteiger partial charge in [-0.2, -0.15) is 0 Å². The van der Waals surface area contributed by atoms with Crippen LogP contribution in [0.4, 0.5) is 5.82 Å². The smallest absolute Gasteiger partial charge is 0.127 e. The van der Waals surface area contributed by atoms with Crippen LogP contribution in [-0.2, 0) is 6.42 Å². The van der Waals surface area contributed by atoms with E-state index in [0.717, 1.165) is 24.6 Å². The van der Waals surface area contributed by atoms with Gasteiger partial charge >= 0.3 is 0 Å². The first kappa shape index (κ1) is 13.0. The number of nitrogens with zero attached hydrogens (tertiary/aromatic N) is 2. The van der Waals surface area contributed by atoms with Crippen LogP contribution in [0.25, 0.3) is 0 Å². The molecule has 0 radical (unpaired) electrons. The number of aromatic nitrogens is 2. The highest BCUT2D eigenvalue weighted by molar-refractivity contribution is 5.42. The van der Waals surface area contributed by atoms with E-state index in [1.165, 1.54) is 50.0 Å². The van der Waals surface area contributed by atoms with Gasteiger partial charge in [0.1, 0.15) is 11.6 Å². The van der Waals surface area contributed by atoms with Gasteiger partial charge in [-0.25, -0.2) is 4.98 Å². The molecule has 2 aliphatic carbocycles. The van der Waals surface area contributed by atoms with Crippen LogP contribution in [0.2, 0.25) is 0 Å². The Morgan fingerprint density at radius 1 is 1.26 bits per heavy atom. The van der Waals surface area contributed by atoms with Gasteiger partial charge in [-0.1, -0.05) is 26.7 Å². The number of nitrogen functional groups attached to an aromatic ring is 1. The van der Waals surface area contributed by atoms with Gasteiger partial charge in [-0.15, -0.1) is 0 Å². The van der Waals surface area contributed by atoms with Crippen LogP contribution < -0.4 is 5.73 Å². The second-order valence-electron chi connectivity index (χ2n) is 6.62. The molecule has 0 amide bonds. The van der Waals surface area contributed by atoms with Crippen LogP contribution in [0.5, 0.6) is 0 Å². The molecule has 0 bridgehead atoms. The lowest BCUT2D eigenvalue weighted by Crippen LogP contribution is -2.14. The highest BCUT2D eigenvalue weighted by Gasteiger charge is 2.32. The molecule has 0 aliphatic heterocycles. The summed E-state index contributed by atoms with van der Waals surface area (Å²) in [7, 11) is 0. The van der Waals surface area contributed by atoms with E-state index in [0.29, 0.717) is 12.0 Å². The highest BCUT2D eigenvalue weighted by Crippen LogP contribution is 2.43. The van der Waals surface area contributed by atoms with Crippen molar-refractivity contribution in [3.63, 3.8) is 0 Å². The fourth-order valence-corrected chi connectivity index (χ4v) is 3.64. The van der Waals surface area contributed by atoms with Crippen molar-refractivity contribution in [3.8, 4) is 0 Å². The molecule has 3 rings (SSSR count). The zero-order valence-corrected chi connectivity index (χ0v) is 12.4. The van der Waals surface area contributed by atoms with E-state index in [-0.39, 0.29) is 0 Å². The summed E-state index contributed by atoms with van der Waals surface area (Å²) in [6.07, 6.45) is 10.1. The minimum atomic E-state index is 0.611. The molecule has 0 spiro atoms. The molecule has 1 aromatic heterocycles. The Bertz CT molecular complexity index is 445. The molecule has 2 saturated carbocycles. The molecule has 19 heavy (non-hydrogen) atoms. The van der Waals surface area contributed by atoms with E-state index in [9.17, 15) is 0 Å². The van der Waals surface area contributed by atoms with Crippen molar-refractivity contribution in [1.82, 2.24) is 9.55 Å². The summed E-state index contributed by atoms with van der Waals surface area (Å²) in [5.41, 5.74) is 7.68. The minimum Gasteiger partial charge on any atom is -0.384 e. The molecular weight excluding hydrogens is 234 g/mol. The summed E-state index contributed by atoms with van der Waals surface area (Å²) < 4.78 is 2.36. The Morgan fingerprint density at radius 2 is 2.05 bits per heavy atom. The molecule has 3 heteroatoms. The number of anilines is 1. The second-order valence-corrected chi connectivity index (χ2v) is 6.62. The SMILES string of the molecule is CCCc1nc(C2CCCC(C)C2)c(N)n1C1CC1. The molecule has 2 atom stereocenters. The van der Waals surface area contributed by atoms with Gasteiger partial charge in [0.2, 0.25) is 0 Å². The topological polar surface area (TPSA) is 43.8 Å². The van der Waals surface area contributed by atoms with Crippen LogP contribution in [0.3, 0.4) is 0 Å². The Kier molecular flexibility index (Phi) is 3.55. The molecule has 1 aromatic rings. The average Bonchev–Trinajstić information content (AvgIpc) is 3.16. The third-order valence-corrected chi connectivity index (χ3v) is 4.76. The Morgan fingerprint density at radius 3 is 2.68 bits per heavy atom. The maximum absolute atomic E-state index is 6.45. The number of hydrogen-bond donors (Lipinski definition) is 1. The Labute approximate surface area is 116 Å². The fraction of sp³-hybridized carbons (Fsp3) is 0.812. The molecule has 2 unspecified atom stereocenters. The van der Waals surface area contributed by atoms with Gasteiger partial charge in [0.25, 0.3) is 0 Å². The van der Waals surface area contributed by atoms with Gasteiger partial charge in [-0.05, 0) is 38.0 Å². The zero-order chi connectivity index (χ0) is 13.4. The van der Waals surface area contributed by atoms with Crippen LogP contribution in [0.1, 0.15) is 82.3 Å². The first-order valence-electron chi connectivity index (χ1n) is 8.07. The Balaban J connectivity index is 1.90. The summed E-state index contributed by atoms with van der Waals surface area (Å²) in [4.78, 5) is 4.96. The van der Waals surface area contributed by atoms with Crippen LogP contribution in [0, 0.1) is 5.92 Å². The van der Waals surface area contributed by atoms with Crippen molar-refractivity contribution < 1.29 is 0 Å². The summed E-state index contributed by atoms with van der Waals surface area (Å²) in [6, 6.07) is 0.656. The lowest BCUT2D eigenvalue weighted by molar-refractivity contribution is 0.341. The second kappa shape index (κ2) is 5.18. The molecular formula is C16H27N3. The summed E-state index contributed by atoms with van der Waals surface area (Å²) in [5.74, 6) is 3.68. The molecule has 2 aliphatic rings. The maximum atomic E-state index is 6.45. The van der Waals surface area contributed by atoms with Gasteiger partial charge in [0, 0.05) is 18.4 Å². The molecule has 3 nitrogen and oxygen atoms in total. The monoisotopic (exact) mass is 261 g/mol. The number of aryl methyl sites for hydroxylation is 1. The van der Waals surface area contributed by atoms with Gasteiger partial charge in [-0.3, -0.25) is 0 Å². The number of rotatable bonds is 4. The van der Waals surface area contributed by atoms with Crippen LogP contribution in [0.15, 0.2) is 0 Å². The quantitative estimate of drug-likeness (QED) is 0.888. The molecule has 106 valence electrons. The summed E-state index contributed by atoms with van der Waals surface area (Å²) in [5, 5.41) is 0. The number of imidazole rings is 1. The summed E-state index contributed by atoms with van der Waals surface area (Å²) >= 11 is 0. The van der Waals surface area contributed by atoms with Crippen molar-refractivity contribution in [2.45, 2.75) is 77.2 Å². The van der Waals surface area contributed by atoms with Crippen LogP contribution in [-0.4, -0.2) is 9.55 Å². The van der Waals surface area contributed by atoms with Crippen molar-refractivity contribution in [2.75, 3.05) is 5.73 Å². The van der Waals surface area contributed by atoms with Gasteiger partial charge in [0.15, 0.2) is 0 Å². The zero-order valence-electron chi connectivity index (χ0n) is 12.4. The largest absolute Gasteiger partial charge is 0.384 e. The highest BCUT2D eigenvalue weighted by atomic mass is 15.2. The van der Waals surface area contributed by atoms with Crippen molar-refractivity contribution in [2.24, 2.45) is 5.92 Å². The first-order chi connectivity index (χ1) is 9.20. The maximum Gasteiger partial charge on any atom is 0.127 e. The van der Waals surface area contributed by atoms with E-state index < -0.39 is 0 Å². The first-order valence-corrected chi connectivity index (χ1v) is 8.07. The minimum absolute atomic E-state index is 0.611. The van der Waals surface area contributed by atoms with Crippen LogP contribution >= 0.6 is 0 Å². The molecule has 0 aromatic carbocycles. The fourth-order valence-electron chi connectivity index (χ4n) is 3.64. The van der Waals surface area contributed by atoms with Crippen molar-refractivity contribution in [1.29, 1.82) is 0 Å². The molecule has 2 N–H and O–H groups in total. The standard InChI is InChI=1S/C16H27N3/c1-3-5-14-18-15(12-7-4-6-11(2)10-12)16(17)19(14)13-8-9-13/h11-13H,3-10,17H2,1-2H3. The van der Waals surface area contributed by atoms with E-state index in [4.69, 9.17) is 10.7 Å². The molecule has 1 heterocycles. The predicted octanol–water partition coefficient (Wildman–Crippen LogP) is 4.05. The third kappa shape index (κ3) is 2.52. The summed E-state index contributed by atoms with van der Waals surface area (Å²) in [6.45, 7) is 4.59. The van der Waals surface area contributed by atoms with Gasteiger partial charge < -0.3 is 10.3 Å². The van der Waals surface area contributed by atoms with E-state index in [2.05, 4.69) is 18.4 Å². The number of hydrogen-bond acceptors (Lipinski definition) is 2. The Hall–Kier alpha value is -0.990. The van der Waals surface area contributed by atoms with E-state index in [1.54, 1.807) is 0 Å². The van der Waals surface area contributed by atoms with E-state index >= 15 is 0 Å². The third-order valence-electron chi connectivity index (χ3n) is 4.76. The lowest BCUT2D eigenvalue weighted by atomic mass is 9.81. The van der Waals surface area contributed by atoms with Crippen molar-refractivity contribution in [3.05, 3.63) is 11.5 Å².